The number of Topliss-reactive ketones (excluding diaryl/α,β-unsaturated/α-hetero) is 2. The van der Waals surface area contributed by atoms with Gasteiger partial charge in [-0.05, 0) is 28.7 Å². The van der Waals surface area contributed by atoms with Crippen molar-refractivity contribution in [1.29, 1.82) is 0 Å². The largest absolute Gasteiger partial charge is 0.331 e. The van der Waals surface area contributed by atoms with Crippen LogP contribution in [0.2, 0.25) is 0 Å². The van der Waals surface area contributed by atoms with Crippen LogP contribution in [0.25, 0.3) is 0 Å². The van der Waals surface area contributed by atoms with Crippen LogP contribution in [-0.4, -0.2) is 47.2 Å². The molecule has 1 unspecified atom stereocenters. The zero-order valence-corrected chi connectivity index (χ0v) is 15.4. The molecule has 1 atom stereocenters. The summed E-state index contributed by atoms with van der Waals surface area (Å²) < 4.78 is 0.482. The number of carbonyl (C=O) groups is 2. The van der Waals surface area contributed by atoms with Gasteiger partial charge in [0, 0.05) is 48.7 Å². The van der Waals surface area contributed by atoms with E-state index in [1.165, 1.54) is 0 Å². The Balaban J connectivity index is 1.80. The molecule has 0 spiro atoms. The number of hydrogen-bond acceptors (Lipinski definition) is 6. The smallest absolute Gasteiger partial charge is 0.225 e. The van der Waals surface area contributed by atoms with E-state index in [-0.39, 0.29) is 17.6 Å². The number of nitrogens with zero attached hydrogens (tertiary/aromatic N) is 3. The second kappa shape index (κ2) is 6.64. The van der Waals surface area contributed by atoms with Crippen molar-refractivity contribution in [2.24, 2.45) is 0 Å². The molecule has 25 heavy (non-hydrogen) atoms. The van der Waals surface area contributed by atoms with Crippen LogP contribution in [0.5, 0.6) is 0 Å². The third-order valence-corrected chi connectivity index (χ3v) is 5.55. The lowest BCUT2D eigenvalue weighted by atomic mass is 9.85. The molecule has 0 bridgehead atoms. The second-order valence-corrected chi connectivity index (χ2v) is 6.97. The lowest BCUT2D eigenvalue weighted by Crippen LogP contribution is -2.54. The molecule has 1 aromatic carbocycles. The van der Waals surface area contributed by atoms with E-state index < -0.39 is 0 Å². The van der Waals surface area contributed by atoms with Crippen LogP contribution < -0.4 is 10.2 Å². The zero-order valence-electron chi connectivity index (χ0n) is 13.3. The van der Waals surface area contributed by atoms with Gasteiger partial charge in [0.15, 0.2) is 11.6 Å². The number of anilines is 1. The summed E-state index contributed by atoms with van der Waals surface area (Å²) in [4.78, 5) is 36.6. The Bertz CT molecular complexity index is 882. The molecule has 1 aliphatic heterocycles. The minimum Gasteiger partial charge on any atom is -0.331 e. The maximum absolute atomic E-state index is 13.1. The number of benzene rings is 1. The number of piperazine rings is 1. The molecule has 0 radical (unpaired) electrons. The number of halogens is 1. The van der Waals surface area contributed by atoms with Crippen LogP contribution in [0.3, 0.4) is 0 Å². The number of carbonyl (C=O) groups excluding carboxylic acids is 2. The summed E-state index contributed by atoms with van der Waals surface area (Å²) in [7, 11) is 0. The Morgan fingerprint density at radius 3 is 2.44 bits per heavy atom. The van der Waals surface area contributed by atoms with Gasteiger partial charge >= 0.3 is 0 Å². The Morgan fingerprint density at radius 1 is 1.04 bits per heavy atom. The number of fused-ring (bicyclic) bond motifs is 1. The van der Waals surface area contributed by atoms with E-state index in [2.05, 4.69) is 15.3 Å². The molecule has 0 saturated carbocycles. The van der Waals surface area contributed by atoms with Gasteiger partial charge in [0.05, 0.1) is 9.62 Å². The fourth-order valence-electron chi connectivity index (χ4n) is 3.30. The number of aromatic nitrogens is 2. The lowest BCUT2D eigenvalue weighted by molar-refractivity contribution is 0.0976. The fraction of sp³-hybridized carbons (Fsp3) is 0.222. The number of ketones is 2. The van der Waals surface area contributed by atoms with Crippen molar-refractivity contribution in [1.82, 2.24) is 15.3 Å². The molecule has 126 valence electrons. The van der Waals surface area contributed by atoms with Crippen molar-refractivity contribution < 1.29 is 9.59 Å². The monoisotopic (exact) mass is 446 g/mol. The van der Waals surface area contributed by atoms with Crippen LogP contribution in [0.1, 0.15) is 20.7 Å². The molecule has 7 heteroatoms. The summed E-state index contributed by atoms with van der Waals surface area (Å²) in [5, 5.41) is 3.31. The number of rotatable bonds is 2. The lowest BCUT2D eigenvalue weighted by Gasteiger charge is -2.38. The summed E-state index contributed by atoms with van der Waals surface area (Å²) in [6.45, 7) is 2.02. The molecule has 4 rings (SSSR count). The highest BCUT2D eigenvalue weighted by molar-refractivity contribution is 14.1. The van der Waals surface area contributed by atoms with E-state index >= 15 is 0 Å². The van der Waals surface area contributed by atoms with E-state index in [0.717, 1.165) is 6.54 Å². The number of allylic oxidation sites excluding steroid dienone is 1. The highest BCUT2D eigenvalue weighted by Crippen LogP contribution is 2.34. The van der Waals surface area contributed by atoms with Crippen molar-refractivity contribution in [2.75, 3.05) is 24.5 Å². The van der Waals surface area contributed by atoms with Crippen LogP contribution in [0, 0.1) is 0 Å². The quantitative estimate of drug-likeness (QED) is 0.712. The van der Waals surface area contributed by atoms with Crippen LogP contribution in [0.4, 0.5) is 5.95 Å². The molecule has 2 aliphatic rings. The van der Waals surface area contributed by atoms with Gasteiger partial charge in [-0.15, -0.1) is 0 Å². The maximum Gasteiger partial charge on any atom is 0.225 e. The Morgan fingerprint density at radius 2 is 1.72 bits per heavy atom. The standard InChI is InChI=1S/C18H15IN4O2/c19-15-14(16(24)11-4-1-2-5-12(11)17(15)25)13-10-20-8-9-23(13)18-21-6-3-7-22-18/h1-7,13,20H,8-10H2. The predicted molar refractivity (Wildman–Crippen MR) is 102 cm³/mol. The van der Waals surface area contributed by atoms with Gasteiger partial charge in [-0.3, -0.25) is 9.59 Å². The molecular formula is C18H15IN4O2. The molecule has 2 heterocycles. The van der Waals surface area contributed by atoms with E-state index in [1.807, 2.05) is 27.5 Å². The first-order valence-electron chi connectivity index (χ1n) is 8.01. The van der Waals surface area contributed by atoms with E-state index in [1.54, 1.807) is 42.7 Å². The minimum atomic E-state index is -0.271. The highest BCUT2D eigenvalue weighted by atomic mass is 127. The van der Waals surface area contributed by atoms with Gasteiger partial charge in [0.25, 0.3) is 0 Å². The highest BCUT2D eigenvalue weighted by Gasteiger charge is 2.38. The number of hydrogen-bond donors (Lipinski definition) is 1. The van der Waals surface area contributed by atoms with Crippen LogP contribution in [0.15, 0.2) is 51.9 Å². The molecular weight excluding hydrogens is 431 g/mol. The third-order valence-electron chi connectivity index (χ3n) is 4.48. The van der Waals surface area contributed by atoms with Crippen LogP contribution in [-0.2, 0) is 0 Å². The average molecular weight is 446 g/mol. The number of nitrogens with one attached hydrogen (secondary N) is 1. The summed E-state index contributed by atoms with van der Waals surface area (Å²) in [5.74, 6) is 0.393. The van der Waals surface area contributed by atoms with Gasteiger partial charge in [0.2, 0.25) is 5.95 Å². The van der Waals surface area contributed by atoms with Crippen molar-refractivity contribution in [3.05, 3.63) is 63.0 Å². The summed E-state index contributed by atoms with van der Waals surface area (Å²) >= 11 is 2.00. The average Bonchev–Trinajstić information content (AvgIpc) is 2.67. The molecule has 6 nitrogen and oxygen atoms in total. The Labute approximate surface area is 158 Å². The summed E-state index contributed by atoms with van der Waals surface area (Å²) in [6, 6.07) is 8.49. The summed E-state index contributed by atoms with van der Waals surface area (Å²) in [5.41, 5.74) is 1.48. The maximum atomic E-state index is 13.1. The molecule has 2 aromatic rings. The Hall–Kier alpha value is -2.13. The normalized spacial score (nSPS) is 20.7. The molecule has 1 N–H and O–H groups in total. The van der Waals surface area contributed by atoms with Gasteiger partial charge in [-0.2, -0.15) is 0 Å². The van der Waals surface area contributed by atoms with Crippen molar-refractivity contribution >= 4 is 40.1 Å². The topological polar surface area (TPSA) is 75.2 Å². The van der Waals surface area contributed by atoms with Gasteiger partial charge in [0.1, 0.15) is 0 Å². The summed E-state index contributed by atoms with van der Waals surface area (Å²) in [6.07, 6.45) is 3.37. The molecule has 0 amide bonds. The van der Waals surface area contributed by atoms with E-state index in [9.17, 15) is 9.59 Å². The zero-order chi connectivity index (χ0) is 17.4. The first-order chi connectivity index (χ1) is 12.2. The van der Waals surface area contributed by atoms with Crippen molar-refractivity contribution in [3.8, 4) is 0 Å². The van der Waals surface area contributed by atoms with E-state index in [0.29, 0.717) is 39.3 Å². The fourth-order valence-corrected chi connectivity index (χ4v) is 4.20. The van der Waals surface area contributed by atoms with E-state index in [4.69, 9.17) is 0 Å². The first kappa shape index (κ1) is 16.3. The molecule has 1 aromatic heterocycles. The van der Waals surface area contributed by atoms with Crippen molar-refractivity contribution in [2.45, 2.75) is 6.04 Å². The predicted octanol–water partition coefficient (Wildman–Crippen LogP) is 2.02. The second-order valence-electron chi connectivity index (χ2n) is 5.89. The minimum absolute atomic E-state index is 0.0887. The SMILES string of the molecule is O=C1C(I)=C(C2CNCCN2c2ncccn2)C(=O)c2ccccc21. The molecule has 1 aliphatic carbocycles. The molecule has 1 fully saturated rings. The first-order valence-corrected chi connectivity index (χ1v) is 9.09. The third kappa shape index (κ3) is 2.77. The molecule has 1 saturated heterocycles. The van der Waals surface area contributed by atoms with Crippen molar-refractivity contribution in [3.63, 3.8) is 0 Å². The van der Waals surface area contributed by atoms with Gasteiger partial charge < -0.3 is 10.2 Å². The Kier molecular flexibility index (Phi) is 4.34. The van der Waals surface area contributed by atoms with Crippen LogP contribution >= 0.6 is 22.6 Å². The van der Waals surface area contributed by atoms with Gasteiger partial charge in [-0.25, -0.2) is 9.97 Å². The van der Waals surface area contributed by atoms with Gasteiger partial charge in [-0.1, -0.05) is 24.3 Å².